The smallest absolute Gasteiger partial charge is 0.355 e. The minimum absolute atomic E-state index is 0. The second kappa shape index (κ2) is 6.50. The van der Waals surface area contributed by atoms with Crippen LogP contribution in [-0.4, -0.2) is 37.5 Å². The Morgan fingerprint density at radius 3 is 0.900 bits per heavy atom. The summed E-state index contributed by atoms with van der Waals surface area (Å²) in [6.45, 7) is 0. The van der Waals surface area contributed by atoms with Crippen LogP contribution in [0.15, 0.2) is 0 Å². The molecule has 0 spiro atoms. The second-order valence-electron chi connectivity index (χ2n) is 1.32. The molecular formula is C4H12NbO4Si. The summed E-state index contributed by atoms with van der Waals surface area (Å²) < 4.78 is 19.4. The zero-order valence-corrected chi connectivity index (χ0v) is 9.78. The van der Waals surface area contributed by atoms with Gasteiger partial charge in [-0.2, -0.15) is 0 Å². The van der Waals surface area contributed by atoms with Gasteiger partial charge in [0.2, 0.25) is 0 Å². The van der Waals surface area contributed by atoms with Crippen LogP contribution in [0.5, 0.6) is 0 Å². The minimum Gasteiger partial charge on any atom is -0.355 e. The Hall–Kier alpha value is 0.797. The molecule has 0 aliphatic heterocycles. The maximum Gasteiger partial charge on any atom is 0.678 e. The molecule has 0 bridgehead atoms. The molecular weight excluding hydrogens is 233 g/mol. The molecule has 1 radical (unpaired) electrons. The first-order valence-corrected chi connectivity index (χ1v) is 4.08. The fourth-order valence-corrected chi connectivity index (χ4v) is 1.50. The van der Waals surface area contributed by atoms with Crippen molar-refractivity contribution >= 4 is 9.05 Å². The van der Waals surface area contributed by atoms with Crippen LogP contribution >= 0.6 is 0 Å². The molecule has 0 fully saturated rings. The first-order chi connectivity index (χ1) is 4.24. The Morgan fingerprint density at radius 2 is 0.900 bits per heavy atom. The maximum atomic E-state index is 4.86. The van der Waals surface area contributed by atoms with Gasteiger partial charge in [-0.1, -0.05) is 0 Å². The Kier molecular flexibility index (Phi) is 8.71. The van der Waals surface area contributed by atoms with Crippen molar-refractivity contribution in [2.24, 2.45) is 0 Å². The van der Waals surface area contributed by atoms with E-state index in [-0.39, 0.29) is 22.4 Å². The van der Waals surface area contributed by atoms with Crippen LogP contribution in [0, 0.1) is 0 Å². The molecule has 61 valence electrons. The third kappa shape index (κ3) is 3.27. The predicted molar refractivity (Wildman–Crippen MR) is 33.8 cm³/mol. The Bertz CT molecular complexity index is 60.1. The summed E-state index contributed by atoms with van der Waals surface area (Å²) in [6, 6.07) is 0. The van der Waals surface area contributed by atoms with Gasteiger partial charge in [0.05, 0.1) is 0 Å². The van der Waals surface area contributed by atoms with Gasteiger partial charge in [-0.15, -0.1) is 0 Å². The summed E-state index contributed by atoms with van der Waals surface area (Å²) in [7, 11) is 3.26. The molecule has 4 nitrogen and oxygen atoms in total. The molecule has 0 saturated carbocycles. The van der Waals surface area contributed by atoms with Crippen molar-refractivity contribution in [1.29, 1.82) is 0 Å². The van der Waals surface area contributed by atoms with Crippen molar-refractivity contribution in [3.8, 4) is 0 Å². The average Bonchev–Trinajstić information content (AvgIpc) is 1.95. The van der Waals surface area contributed by atoms with E-state index < -0.39 is 9.05 Å². The van der Waals surface area contributed by atoms with E-state index in [4.69, 9.17) is 17.7 Å². The molecule has 10 heavy (non-hydrogen) atoms. The van der Waals surface area contributed by atoms with Crippen LogP contribution in [0.1, 0.15) is 0 Å². The van der Waals surface area contributed by atoms with Gasteiger partial charge < -0.3 is 17.7 Å². The van der Waals surface area contributed by atoms with Gasteiger partial charge in [0.15, 0.2) is 0 Å². The van der Waals surface area contributed by atoms with Crippen LogP contribution in [0.2, 0.25) is 0 Å². The van der Waals surface area contributed by atoms with E-state index in [0.717, 1.165) is 0 Å². The van der Waals surface area contributed by atoms with E-state index in [1.807, 2.05) is 0 Å². The number of hydrogen-bond donors (Lipinski definition) is 0. The molecule has 0 aromatic rings. The fraction of sp³-hybridized carbons (Fsp3) is 1.00. The van der Waals surface area contributed by atoms with Gasteiger partial charge in [0.1, 0.15) is 0 Å². The Labute approximate surface area is 77.8 Å². The third-order valence-electron chi connectivity index (χ3n) is 1.00. The summed E-state index contributed by atoms with van der Waals surface area (Å²) in [5.74, 6) is 0. The van der Waals surface area contributed by atoms with Crippen LogP contribution in [0.4, 0.5) is 0 Å². The molecule has 0 aromatic heterocycles. The SMILES string of the molecule is CO[Si](OC)(OC)OC.[Nb]. The molecule has 0 atom stereocenters. The molecule has 0 aliphatic rings. The first kappa shape index (κ1) is 13.4. The Morgan fingerprint density at radius 1 is 0.700 bits per heavy atom. The summed E-state index contributed by atoms with van der Waals surface area (Å²) >= 11 is 0. The fourth-order valence-electron chi connectivity index (χ4n) is 0.500. The van der Waals surface area contributed by atoms with Gasteiger partial charge in [0, 0.05) is 50.8 Å². The first-order valence-electron chi connectivity index (χ1n) is 2.45. The normalized spacial score (nSPS) is 10.8. The molecule has 6 heteroatoms. The van der Waals surface area contributed by atoms with Gasteiger partial charge in [-0.25, -0.2) is 0 Å². The van der Waals surface area contributed by atoms with Crippen molar-refractivity contribution in [2.45, 2.75) is 0 Å². The predicted octanol–water partition coefficient (Wildman–Crippen LogP) is 0.00510. The number of hydrogen-bond acceptors (Lipinski definition) is 4. The largest absolute Gasteiger partial charge is 0.678 e. The zero-order valence-electron chi connectivity index (χ0n) is 6.58. The second-order valence-corrected chi connectivity index (χ2v) is 3.95. The monoisotopic (exact) mass is 245 g/mol. The molecule has 0 amide bonds. The maximum absolute atomic E-state index is 4.86. The number of rotatable bonds is 4. The summed E-state index contributed by atoms with van der Waals surface area (Å²) in [4.78, 5) is 0. The molecule has 0 saturated heterocycles. The van der Waals surface area contributed by atoms with Gasteiger partial charge in [0.25, 0.3) is 0 Å². The molecule has 0 aromatic carbocycles. The van der Waals surface area contributed by atoms with Crippen molar-refractivity contribution in [3.05, 3.63) is 0 Å². The van der Waals surface area contributed by atoms with Crippen molar-refractivity contribution < 1.29 is 40.1 Å². The minimum atomic E-state index is -2.69. The third-order valence-corrected chi connectivity index (χ3v) is 3.00. The molecule has 0 rings (SSSR count). The van der Waals surface area contributed by atoms with Crippen molar-refractivity contribution in [1.82, 2.24) is 0 Å². The van der Waals surface area contributed by atoms with E-state index in [2.05, 4.69) is 0 Å². The molecule has 0 N–H and O–H groups in total. The van der Waals surface area contributed by atoms with Crippen molar-refractivity contribution in [2.75, 3.05) is 28.4 Å². The van der Waals surface area contributed by atoms with E-state index >= 15 is 0 Å². The standard InChI is InChI=1S/C4H12O4Si.Nb/c1-5-9(6-2,7-3)8-4;/h1-4H3;. The van der Waals surface area contributed by atoms with Crippen molar-refractivity contribution in [3.63, 3.8) is 0 Å². The summed E-state index contributed by atoms with van der Waals surface area (Å²) in [5.41, 5.74) is 0. The van der Waals surface area contributed by atoms with E-state index in [9.17, 15) is 0 Å². The Balaban J connectivity index is 0. The summed E-state index contributed by atoms with van der Waals surface area (Å²) in [6.07, 6.45) is 0. The van der Waals surface area contributed by atoms with E-state index in [0.29, 0.717) is 0 Å². The van der Waals surface area contributed by atoms with E-state index in [1.165, 1.54) is 28.4 Å². The van der Waals surface area contributed by atoms with Gasteiger partial charge >= 0.3 is 9.05 Å². The quantitative estimate of drug-likeness (QED) is 0.653. The van der Waals surface area contributed by atoms with Crippen LogP contribution in [0.25, 0.3) is 0 Å². The molecule has 0 aliphatic carbocycles. The van der Waals surface area contributed by atoms with Crippen LogP contribution < -0.4 is 0 Å². The van der Waals surface area contributed by atoms with Crippen LogP contribution in [-0.2, 0) is 40.1 Å². The summed E-state index contributed by atoms with van der Waals surface area (Å²) in [5, 5.41) is 0. The topological polar surface area (TPSA) is 36.9 Å². The molecule has 0 unspecified atom stereocenters. The average molecular weight is 245 g/mol. The van der Waals surface area contributed by atoms with E-state index in [1.54, 1.807) is 0 Å². The van der Waals surface area contributed by atoms with Gasteiger partial charge in [-0.3, -0.25) is 0 Å². The zero-order chi connectivity index (χ0) is 7.33. The van der Waals surface area contributed by atoms with Gasteiger partial charge in [-0.05, 0) is 0 Å². The molecule has 0 heterocycles. The van der Waals surface area contributed by atoms with Crippen LogP contribution in [0.3, 0.4) is 0 Å².